The molecule has 4 nitrogen and oxygen atoms in total. The molecular formula is C17H16N2O2. The highest BCUT2D eigenvalue weighted by molar-refractivity contribution is 6.08. The van der Waals surface area contributed by atoms with Gasteiger partial charge in [-0.05, 0) is 37.3 Å². The number of nitrogens with one attached hydrogen (secondary N) is 1. The maximum Gasteiger partial charge on any atom is 0.256 e. The van der Waals surface area contributed by atoms with Crippen LogP contribution in [0.1, 0.15) is 17.3 Å². The lowest BCUT2D eigenvalue weighted by Crippen LogP contribution is -2.22. The molecule has 4 heteroatoms. The van der Waals surface area contributed by atoms with Crippen LogP contribution in [0.4, 0.5) is 0 Å². The summed E-state index contributed by atoms with van der Waals surface area (Å²) < 4.78 is 0. The van der Waals surface area contributed by atoms with Gasteiger partial charge in [0.15, 0.2) is 0 Å². The molecule has 0 aliphatic rings. The molecule has 0 atom stereocenters. The molecule has 1 amide bonds. The minimum atomic E-state index is -0.274. The van der Waals surface area contributed by atoms with Crippen LogP contribution in [0.15, 0.2) is 67.0 Å². The van der Waals surface area contributed by atoms with Crippen LogP contribution < -0.4 is 5.32 Å². The van der Waals surface area contributed by atoms with Crippen molar-refractivity contribution in [3.05, 3.63) is 72.6 Å². The van der Waals surface area contributed by atoms with Crippen molar-refractivity contribution in [3.8, 4) is 5.75 Å². The second-order valence-corrected chi connectivity index (χ2v) is 4.34. The monoisotopic (exact) mass is 280 g/mol. The van der Waals surface area contributed by atoms with Gasteiger partial charge in [-0.25, -0.2) is 0 Å². The number of benzene rings is 1. The molecule has 0 unspecified atom stereocenters. The smallest absolute Gasteiger partial charge is 0.256 e. The summed E-state index contributed by atoms with van der Waals surface area (Å²) in [5.41, 5.74) is 1.45. The number of fused-ring (bicyclic) bond motifs is 1. The first kappa shape index (κ1) is 14.5. The molecule has 0 bridgehead atoms. The third kappa shape index (κ3) is 3.17. The first-order valence-electron chi connectivity index (χ1n) is 6.51. The number of hydrogen-bond acceptors (Lipinski definition) is 3. The summed E-state index contributed by atoms with van der Waals surface area (Å²) in [6, 6.07) is 6.52. The molecule has 0 aliphatic carbocycles. The average Bonchev–Trinajstić information content (AvgIpc) is 2.51. The van der Waals surface area contributed by atoms with Crippen LogP contribution in [0.5, 0.6) is 5.75 Å². The van der Waals surface area contributed by atoms with Crippen LogP contribution in [-0.4, -0.2) is 16.0 Å². The first-order valence-corrected chi connectivity index (χ1v) is 6.51. The molecule has 1 heterocycles. The van der Waals surface area contributed by atoms with Gasteiger partial charge in [-0.2, -0.15) is 0 Å². The molecule has 21 heavy (non-hydrogen) atoms. The van der Waals surface area contributed by atoms with Crippen molar-refractivity contribution in [2.24, 2.45) is 0 Å². The highest BCUT2D eigenvalue weighted by Gasteiger charge is 2.13. The van der Waals surface area contributed by atoms with E-state index in [1.807, 2.05) is 19.1 Å². The van der Waals surface area contributed by atoms with E-state index in [2.05, 4.69) is 16.9 Å². The topological polar surface area (TPSA) is 62.2 Å². The summed E-state index contributed by atoms with van der Waals surface area (Å²) in [5.74, 6) is -0.223. The number of phenols is 1. The predicted molar refractivity (Wildman–Crippen MR) is 84.0 cm³/mol. The zero-order chi connectivity index (χ0) is 15.2. The Hall–Kier alpha value is -2.88. The van der Waals surface area contributed by atoms with Gasteiger partial charge < -0.3 is 10.4 Å². The van der Waals surface area contributed by atoms with Crippen molar-refractivity contribution < 1.29 is 9.90 Å². The zero-order valence-electron chi connectivity index (χ0n) is 11.7. The van der Waals surface area contributed by atoms with Gasteiger partial charge in [0.05, 0.1) is 0 Å². The number of pyridine rings is 1. The Morgan fingerprint density at radius 3 is 2.90 bits per heavy atom. The number of hydrogen-bond donors (Lipinski definition) is 2. The van der Waals surface area contributed by atoms with Crippen molar-refractivity contribution in [1.82, 2.24) is 10.3 Å². The summed E-state index contributed by atoms with van der Waals surface area (Å²) >= 11 is 0. The molecule has 2 rings (SSSR count). The predicted octanol–water partition coefficient (Wildman–Crippen LogP) is 3.32. The number of allylic oxidation sites excluding steroid dienone is 4. The van der Waals surface area contributed by atoms with Gasteiger partial charge in [-0.15, -0.1) is 0 Å². The molecule has 0 saturated heterocycles. The number of aromatic hydroxyl groups is 1. The molecule has 2 N–H and O–H groups in total. The highest BCUT2D eigenvalue weighted by atomic mass is 16.3. The van der Waals surface area contributed by atoms with Crippen molar-refractivity contribution in [3.63, 3.8) is 0 Å². The zero-order valence-corrected chi connectivity index (χ0v) is 11.7. The highest BCUT2D eigenvalue weighted by Crippen LogP contribution is 2.25. The van der Waals surface area contributed by atoms with Crippen LogP contribution in [0.2, 0.25) is 0 Å². The lowest BCUT2D eigenvalue weighted by Gasteiger charge is -2.09. The molecule has 2 aromatic rings. The van der Waals surface area contributed by atoms with Crippen LogP contribution in [0, 0.1) is 0 Å². The SMILES string of the molecule is C=C/C(=C\C=C/C)NC(=O)c1ccc(O)c2ncccc12. The number of amides is 1. The second kappa shape index (κ2) is 6.52. The fraction of sp³-hybridized carbons (Fsp3) is 0.0588. The van der Waals surface area contributed by atoms with E-state index in [0.717, 1.165) is 0 Å². The minimum absolute atomic E-state index is 0.0514. The van der Waals surface area contributed by atoms with Gasteiger partial charge in [0, 0.05) is 22.8 Å². The van der Waals surface area contributed by atoms with Gasteiger partial charge in [0.25, 0.3) is 5.91 Å². The molecule has 0 radical (unpaired) electrons. The lowest BCUT2D eigenvalue weighted by atomic mass is 10.1. The Morgan fingerprint density at radius 2 is 2.19 bits per heavy atom. The van der Waals surface area contributed by atoms with Crippen LogP contribution in [0.3, 0.4) is 0 Å². The normalized spacial score (nSPS) is 11.8. The standard InChI is InChI=1S/C17H16N2O2/c1-3-5-7-12(4-2)19-17(21)14-9-10-15(20)16-13(14)8-6-11-18-16/h3-11,20H,2H2,1H3,(H,19,21)/b5-3-,12-7+. The Balaban J connectivity index is 2.40. The van der Waals surface area contributed by atoms with E-state index in [1.54, 1.807) is 36.5 Å². The molecular weight excluding hydrogens is 264 g/mol. The Labute approximate surface area is 123 Å². The Morgan fingerprint density at radius 1 is 1.38 bits per heavy atom. The summed E-state index contributed by atoms with van der Waals surface area (Å²) in [6.45, 7) is 5.55. The Bertz CT molecular complexity index is 746. The van der Waals surface area contributed by atoms with E-state index in [1.165, 1.54) is 6.07 Å². The largest absolute Gasteiger partial charge is 0.506 e. The molecule has 1 aromatic heterocycles. The molecule has 0 spiro atoms. The molecule has 0 aliphatic heterocycles. The van der Waals surface area contributed by atoms with Gasteiger partial charge in [0.2, 0.25) is 0 Å². The Kier molecular flexibility index (Phi) is 4.51. The van der Waals surface area contributed by atoms with Crippen molar-refractivity contribution in [2.75, 3.05) is 0 Å². The van der Waals surface area contributed by atoms with Gasteiger partial charge in [-0.3, -0.25) is 9.78 Å². The van der Waals surface area contributed by atoms with E-state index in [4.69, 9.17) is 0 Å². The quantitative estimate of drug-likeness (QED) is 0.844. The molecule has 1 aromatic carbocycles. The number of aromatic nitrogens is 1. The van der Waals surface area contributed by atoms with Crippen molar-refractivity contribution >= 4 is 16.8 Å². The van der Waals surface area contributed by atoms with Crippen LogP contribution >= 0.6 is 0 Å². The minimum Gasteiger partial charge on any atom is -0.506 e. The van der Waals surface area contributed by atoms with E-state index < -0.39 is 0 Å². The van der Waals surface area contributed by atoms with Crippen LogP contribution in [-0.2, 0) is 0 Å². The average molecular weight is 280 g/mol. The maximum atomic E-state index is 12.4. The van der Waals surface area contributed by atoms with E-state index >= 15 is 0 Å². The molecule has 106 valence electrons. The number of carbonyl (C=O) groups is 1. The number of rotatable bonds is 4. The first-order chi connectivity index (χ1) is 10.2. The van der Waals surface area contributed by atoms with Crippen LogP contribution in [0.25, 0.3) is 10.9 Å². The third-order valence-corrected chi connectivity index (χ3v) is 2.94. The van der Waals surface area contributed by atoms with Gasteiger partial charge in [-0.1, -0.05) is 24.8 Å². The maximum absolute atomic E-state index is 12.4. The summed E-state index contributed by atoms with van der Waals surface area (Å²) in [4.78, 5) is 16.5. The van der Waals surface area contributed by atoms with Crippen molar-refractivity contribution in [1.29, 1.82) is 0 Å². The lowest BCUT2D eigenvalue weighted by molar-refractivity contribution is 0.0969. The van der Waals surface area contributed by atoms with Gasteiger partial charge in [0.1, 0.15) is 11.3 Å². The fourth-order valence-electron chi connectivity index (χ4n) is 1.91. The number of phenolic OH excluding ortho intramolecular Hbond substituents is 1. The fourth-order valence-corrected chi connectivity index (χ4v) is 1.91. The second-order valence-electron chi connectivity index (χ2n) is 4.34. The summed E-state index contributed by atoms with van der Waals surface area (Å²) in [5, 5.41) is 13.2. The molecule has 0 fully saturated rings. The number of carbonyl (C=O) groups excluding carboxylic acids is 1. The summed E-state index contributed by atoms with van der Waals surface area (Å²) in [7, 11) is 0. The van der Waals surface area contributed by atoms with E-state index in [-0.39, 0.29) is 11.7 Å². The van der Waals surface area contributed by atoms with Gasteiger partial charge >= 0.3 is 0 Å². The van der Waals surface area contributed by atoms with Crippen molar-refractivity contribution in [2.45, 2.75) is 6.92 Å². The molecule has 0 saturated carbocycles. The summed E-state index contributed by atoms with van der Waals surface area (Å²) in [6.07, 6.45) is 8.57. The van der Waals surface area contributed by atoms with E-state index in [9.17, 15) is 9.90 Å². The van der Waals surface area contributed by atoms with E-state index in [0.29, 0.717) is 22.2 Å². The third-order valence-electron chi connectivity index (χ3n) is 2.94. The number of nitrogens with zero attached hydrogens (tertiary/aromatic N) is 1.